The minimum absolute atomic E-state index is 0.204. The van der Waals surface area contributed by atoms with Crippen LogP contribution < -0.4 is 4.74 Å². The summed E-state index contributed by atoms with van der Waals surface area (Å²) >= 11 is 0. The molecule has 3 nitrogen and oxygen atoms in total. The maximum atomic E-state index is 10.3. The lowest BCUT2D eigenvalue weighted by atomic mass is 9.96. The molecule has 100 valence electrons. The van der Waals surface area contributed by atoms with Gasteiger partial charge in [0.2, 0.25) is 0 Å². The fourth-order valence-corrected chi connectivity index (χ4v) is 2.52. The molecular formula is C15H22O3. The van der Waals surface area contributed by atoms with Crippen LogP contribution in [0.3, 0.4) is 0 Å². The number of aliphatic hydroxyl groups is 1. The summed E-state index contributed by atoms with van der Waals surface area (Å²) in [5.74, 6) is 0.831. The Kier molecular flexibility index (Phi) is 4.61. The van der Waals surface area contributed by atoms with Crippen molar-refractivity contribution in [1.29, 1.82) is 0 Å². The molecule has 1 N–H and O–H groups in total. The molecule has 2 unspecified atom stereocenters. The zero-order valence-corrected chi connectivity index (χ0v) is 11.2. The van der Waals surface area contributed by atoms with E-state index < -0.39 is 6.10 Å². The van der Waals surface area contributed by atoms with Crippen LogP contribution in [-0.2, 0) is 4.74 Å². The molecule has 0 aromatic heterocycles. The number of hydrogen-bond donors (Lipinski definition) is 1. The van der Waals surface area contributed by atoms with Crippen molar-refractivity contribution in [2.75, 3.05) is 13.7 Å². The van der Waals surface area contributed by atoms with Gasteiger partial charge >= 0.3 is 0 Å². The molecule has 1 fully saturated rings. The van der Waals surface area contributed by atoms with Gasteiger partial charge in [-0.25, -0.2) is 0 Å². The van der Waals surface area contributed by atoms with E-state index in [4.69, 9.17) is 9.47 Å². The third-order valence-corrected chi connectivity index (χ3v) is 3.60. The number of aryl methyl sites for hydroxylation is 1. The van der Waals surface area contributed by atoms with Crippen LogP contribution in [0.4, 0.5) is 0 Å². The molecule has 0 amide bonds. The number of rotatable bonds is 4. The van der Waals surface area contributed by atoms with Crippen LogP contribution in [0.25, 0.3) is 0 Å². The second-order valence-corrected chi connectivity index (χ2v) is 4.96. The molecule has 1 heterocycles. The molecule has 1 saturated heterocycles. The number of ether oxygens (including phenoxy) is 2. The van der Waals surface area contributed by atoms with E-state index in [1.807, 2.05) is 25.1 Å². The summed E-state index contributed by atoms with van der Waals surface area (Å²) in [6.45, 7) is 2.84. The van der Waals surface area contributed by atoms with Gasteiger partial charge in [-0.2, -0.15) is 0 Å². The van der Waals surface area contributed by atoms with Crippen LogP contribution in [0, 0.1) is 6.92 Å². The first kappa shape index (κ1) is 13.4. The van der Waals surface area contributed by atoms with Crippen LogP contribution in [0.5, 0.6) is 5.75 Å². The molecule has 1 aromatic rings. The summed E-state index contributed by atoms with van der Waals surface area (Å²) < 4.78 is 10.8. The molecule has 1 aliphatic rings. The van der Waals surface area contributed by atoms with Crippen molar-refractivity contribution in [3.63, 3.8) is 0 Å². The van der Waals surface area contributed by atoms with E-state index in [1.54, 1.807) is 7.11 Å². The second kappa shape index (κ2) is 6.21. The molecule has 0 aliphatic carbocycles. The minimum Gasteiger partial charge on any atom is -0.497 e. The van der Waals surface area contributed by atoms with Gasteiger partial charge in [-0.1, -0.05) is 6.07 Å². The molecule has 0 saturated carbocycles. The predicted molar refractivity (Wildman–Crippen MR) is 70.9 cm³/mol. The van der Waals surface area contributed by atoms with Crippen LogP contribution in [0.2, 0.25) is 0 Å². The molecular weight excluding hydrogens is 228 g/mol. The molecule has 18 heavy (non-hydrogen) atoms. The summed E-state index contributed by atoms with van der Waals surface area (Å²) in [4.78, 5) is 0. The van der Waals surface area contributed by atoms with Gasteiger partial charge in [0, 0.05) is 13.0 Å². The normalized spacial score (nSPS) is 21.6. The van der Waals surface area contributed by atoms with Gasteiger partial charge in [-0.05, 0) is 49.4 Å². The number of aliphatic hydroxyl groups excluding tert-OH is 1. The highest BCUT2D eigenvalue weighted by Gasteiger charge is 2.20. The third-order valence-electron chi connectivity index (χ3n) is 3.60. The van der Waals surface area contributed by atoms with Crippen molar-refractivity contribution in [3.05, 3.63) is 29.3 Å². The molecule has 1 aromatic carbocycles. The number of hydrogen-bond acceptors (Lipinski definition) is 3. The van der Waals surface area contributed by atoms with Crippen LogP contribution in [0.15, 0.2) is 18.2 Å². The van der Waals surface area contributed by atoms with Gasteiger partial charge in [0.25, 0.3) is 0 Å². The van der Waals surface area contributed by atoms with Gasteiger partial charge in [0.1, 0.15) is 5.75 Å². The quantitative estimate of drug-likeness (QED) is 0.892. The minimum atomic E-state index is -0.445. The Morgan fingerprint density at radius 2 is 2.28 bits per heavy atom. The summed E-state index contributed by atoms with van der Waals surface area (Å²) in [7, 11) is 1.65. The molecule has 0 radical (unpaired) electrons. The fraction of sp³-hybridized carbons (Fsp3) is 0.600. The largest absolute Gasteiger partial charge is 0.497 e. The highest BCUT2D eigenvalue weighted by Crippen LogP contribution is 2.28. The monoisotopic (exact) mass is 250 g/mol. The Hall–Kier alpha value is -1.06. The topological polar surface area (TPSA) is 38.7 Å². The average molecular weight is 250 g/mol. The Bertz CT molecular complexity index is 383. The van der Waals surface area contributed by atoms with E-state index in [2.05, 4.69) is 0 Å². The number of methoxy groups -OCH3 is 1. The average Bonchev–Trinajstić information content (AvgIpc) is 2.39. The molecule has 3 heteroatoms. The lowest BCUT2D eigenvalue weighted by molar-refractivity contribution is -0.0156. The summed E-state index contributed by atoms with van der Waals surface area (Å²) in [6.07, 6.45) is 3.86. The molecule has 0 spiro atoms. The van der Waals surface area contributed by atoms with Gasteiger partial charge in [0.15, 0.2) is 0 Å². The van der Waals surface area contributed by atoms with Crippen LogP contribution >= 0.6 is 0 Å². The Labute approximate surface area is 109 Å². The van der Waals surface area contributed by atoms with Crippen molar-refractivity contribution < 1.29 is 14.6 Å². The zero-order valence-electron chi connectivity index (χ0n) is 11.2. The standard InChI is InChI=1S/C15H22O3/c1-11-9-12(17-2)6-7-14(11)15(16)10-13-5-3-4-8-18-13/h6-7,9,13,15-16H,3-5,8,10H2,1-2H3. The van der Waals surface area contributed by atoms with E-state index in [9.17, 15) is 5.11 Å². The first-order valence-electron chi connectivity index (χ1n) is 6.65. The Balaban J connectivity index is 2.01. The summed E-state index contributed by atoms with van der Waals surface area (Å²) in [5, 5.41) is 10.3. The lowest BCUT2D eigenvalue weighted by Gasteiger charge is -2.25. The van der Waals surface area contributed by atoms with Crippen molar-refractivity contribution in [2.45, 2.75) is 44.8 Å². The van der Waals surface area contributed by atoms with Crippen molar-refractivity contribution >= 4 is 0 Å². The van der Waals surface area contributed by atoms with E-state index in [0.717, 1.165) is 36.3 Å². The third kappa shape index (κ3) is 3.24. The fourth-order valence-electron chi connectivity index (χ4n) is 2.52. The summed E-state index contributed by atoms with van der Waals surface area (Å²) in [5.41, 5.74) is 2.04. The van der Waals surface area contributed by atoms with E-state index in [1.165, 1.54) is 6.42 Å². The predicted octanol–water partition coefficient (Wildman–Crippen LogP) is 3.00. The van der Waals surface area contributed by atoms with Crippen LogP contribution in [0.1, 0.15) is 42.9 Å². The van der Waals surface area contributed by atoms with Crippen molar-refractivity contribution in [2.24, 2.45) is 0 Å². The first-order valence-corrected chi connectivity index (χ1v) is 6.65. The van der Waals surface area contributed by atoms with Crippen molar-refractivity contribution in [1.82, 2.24) is 0 Å². The Morgan fingerprint density at radius 1 is 1.44 bits per heavy atom. The number of benzene rings is 1. The van der Waals surface area contributed by atoms with Crippen molar-refractivity contribution in [3.8, 4) is 5.75 Å². The molecule has 2 atom stereocenters. The molecule has 1 aliphatic heterocycles. The van der Waals surface area contributed by atoms with E-state index in [0.29, 0.717) is 6.42 Å². The zero-order chi connectivity index (χ0) is 13.0. The molecule has 2 rings (SSSR count). The molecule has 0 bridgehead atoms. The van der Waals surface area contributed by atoms with Gasteiger partial charge in [-0.15, -0.1) is 0 Å². The first-order chi connectivity index (χ1) is 8.70. The SMILES string of the molecule is COc1ccc(C(O)CC2CCCCO2)c(C)c1. The van der Waals surface area contributed by atoms with Crippen LogP contribution in [-0.4, -0.2) is 24.9 Å². The van der Waals surface area contributed by atoms with Gasteiger partial charge in [-0.3, -0.25) is 0 Å². The maximum Gasteiger partial charge on any atom is 0.119 e. The van der Waals surface area contributed by atoms with Gasteiger partial charge in [0.05, 0.1) is 19.3 Å². The highest BCUT2D eigenvalue weighted by molar-refractivity contribution is 5.36. The maximum absolute atomic E-state index is 10.3. The van der Waals surface area contributed by atoms with E-state index >= 15 is 0 Å². The van der Waals surface area contributed by atoms with Gasteiger partial charge < -0.3 is 14.6 Å². The highest BCUT2D eigenvalue weighted by atomic mass is 16.5. The smallest absolute Gasteiger partial charge is 0.119 e. The lowest BCUT2D eigenvalue weighted by Crippen LogP contribution is -2.21. The second-order valence-electron chi connectivity index (χ2n) is 4.96. The Morgan fingerprint density at radius 3 is 2.89 bits per heavy atom. The summed E-state index contributed by atoms with van der Waals surface area (Å²) in [6, 6.07) is 5.80. The van der Waals surface area contributed by atoms with E-state index in [-0.39, 0.29) is 6.10 Å².